The van der Waals surface area contributed by atoms with Crippen molar-refractivity contribution in [3.05, 3.63) is 89.6 Å². The average Bonchev–Trinajstić information content (AvgIpc) is 2.63. The molecule has 0 radical (unpaired) electrons. The summed E-state index contributed by atoms with van der Waals surface area (Å²) < 4.78 is 0. The molecular weight excluding hydrogens is 340 g/mol. The number of nitrogens with one attached hydrogen (secondary N) is 1. The van der Waals surface area contributed by atoms with Gasteiger partial charge in [-0.05, 0) is 29.8 Å². The number of nitrogens with zero attached hydrogens (tertiary/aromatic N) is 1. The lowest BCUT2D eigenvalue weighted by Gasteiger charge is -2.16. The predicted octanol–water partition coefficient (Wildman–Crippen LogP) is 5.21. The van der Waals surface area contributed by atoms with E-state index in [9.17, 15) is 4.79 Å². The Balaban J connectivity index is 1.83. The predicted molar refractivity (Wildman–Crippen MR) is 99.4 cm³/mol. The molecule has 5 heteroatoms. The number of halogens is 1. The number of benzene rings is 2. The highest BCUT2D eigenvalue weighted by molar-refractivity contribution is 8.00. The standard InChI is InChI=1S/C19H15ClN2OS/c20-15-11-12-17(21-13-15)22-19(23)18(14-7-3-1-4-8-14)24-16-9-5-2-6-10-16/h1-13,18H,(H,21,22,23). The highest BCUT2D eigenvalue weighted by atomic mass is 35.5. The summed E-state index contributed by atoms with van der Waals surface area (Å²) in [6, 6.07) is 23.0. The minimum Gasteiger partial charge on any atom is -0.309 e. The Morgan fingerprint density at radius 1 is 0.958 bits per heavy atom. The molecule has 0 aliphatic rings. The van der Waals surface area contributed by atoms with Crippen molar-refractivity contribution in [2.24, 2.45) is 0 Å². The van der Waals surface area contributed by atoms with Crippen molar-refractivity contribution in [3.63, 3.8) is 0 Å². The van der Waals surface area contributed by atoms with Crippen molar-refractivity contribution in [1.82, 2.24) is 4.98 Å². The van der Waals surface area contributed by atoms with Gasteiger partial charge in [0.1, 0.15) is 11.1 Å². The molecule has 0 fully saturated rings. The quantitative estimate of drug-likeness (QED) is 0.640. The molecule has 0 aliphatic heterocycles. The van der Waals surface area contributed by atoms with Crippen LogP contribution in [0.25, 0.3) is 0 Å². The first-order chi connectivity index (χ1) is 11.7. The van der Waals surface area contributed by atoms with E-state index in [2.05, 4.69) is 10.3 Å². The third-order valence-electron chi connectivity index (χ3n) is 3.32. The van der Waals surface area contributed by atoms with Gasteiger partial charge in [-0.2, -0.15) is 0 Å². The van der Waals surface area contributed by atoms with E-state index in [-0.39, 0.29) is 11.2 Å². The number of aromatic nitrogens is 1. The molecule has 24 heavy (non-hydrogen) atoms. The zero-order chi connectivity index (χ0) is 16.8. The van der Waals surface area contributed by atoms with Gasteiger partial charge in [0, 0.05) is 11.1 Å². The summed E-state index contributed by atoms with van der Waals surface area (Å²) in [5.74, 6) is 0.365. The summed E-state index contributed by atoms with van der Waals surface area (Å²) in [7, 11) is 0. The lowest BCUT2D eigenvalue weighted by molar-refractivity contribution is -0.115. The number of carbonyl (C=O) groups excluding carboxylic acids is 1. The second kappa shape index (κ2) is 7.99. The van der Waals surface area contributed by atoms with Gasteiger partial charge in [-0.1, -0.05) is 60.1 Å². The molecule has 1 heterocycles. The molecule has 3 rings (SSSR count). The molecular formula is C19H15ClN2OS. The monoisotopic (exact) mass is 354 g/mol. The molecule has 0 saturated carbocycles. The van der Waals surface area contributed by atoms with Crippen LogP contribution in [0.4, 0.5) is 5.82 Å². The maximum atomic E-state index is 12.8. The van der Waals surface area contributed by atoms with Crippen LogP contribution in [0.15, 0.2) is 83.9 Å². The second-order valence-corrected chi connectivity index (χ2v) is 6.69. The topological polar surface area (TPSA) is 42.0 Å². The van der Waals surface area contributed by atoms with Crippen LogP contribution in [0, 0.1) is 0 Å². The Morgan fingerprint density at radius 3 is 2.25 bits per heavy atom. The van der Waals surface area contributed by atoms with E-state index < -0.39 is 0 Å². The van der Waals surface area contributed by atoms with E-state index in [1.807, 2.05) is 60.7 Å². The maximum absolute atomic E-state index is 12.8. The molecule has 1 amide bonds. The van der Waals surface area contributed by atoms with E-state index in [4.69, 9.17) is 11.6 Å². The molecule has 1 atom stereocenters. The number of pyridine rings is 1. The molecule has 0 bridgehead atoms. The Hall–Kier alpha value is -2.30. The summed E-state index contributed by atoms with van der Waals surface area (Å²) in [5.41, 5.74) is 0.942. The van der Waals surface area contributed by atoms with Crippen LogP contribution in [-0.2, 0) is 4.79 Å². The summed E-state index contributed by atoms with van der Waals surface area (Å²) in [5, 5.41) is 3.02. The molecule has 1 N–H and O–H groups in total. The van der Waals surface area contributed by atoms with Gasteiger partial charge >= 0.3 is 0 Å². The molecule has 3 aromatic rings. The van der Waals surface area contributed by atoms with Crippen molar-refractivity contribution >= 4 is 35.1 Å². The molecule has 0 spiro atoms. The second-order valence-electron chi connectivity index (χ2n) is 5.07. The van der Waals surface area contributed by atoms with Crippen LogP contribution < -0.4 is 5.32 Å². The molecule has 2 aromatic carbocycles. The third kappa shape index (κ3) is 4.37. The van der Waals surface area contributed by atoms with Gasteiger partial charge in [0.2, 0.25) is 5.91 Å². The normalized spacial score (nSPS) is 11.7. The zero-order valence-electron chi connectivity index (χ0n) is 12.7. The minimum absolute atomic E-state index is 0.120. The molecule has 0 aliphatic carbocycles. The molecule has 1 aromatic heterocycles. The number of rotatable bonds is 5. The van der Waals surface area contributed by atoms with Crippen molar-refractivity contribution in [1.29, 1.82) is 0 Å². The molecule has 0 saturated heterocycles. The van der Waals surface area contributed by atoms with Gasteiger partial charge < -0.3 is 5.32 Å². The first kappa shape index (κ1) is 16.6. The number of amides is 1. The van der Waals surface area contributed by atoms with E-state index in [0.717, 1.165) is 10.5 Å². The summed E-state index contributed by atoms with van der Waals surface area (Å²) in [6.07, 6.45) is 1.51. The number of carbonyl (C=O) groups is 1. The largest absolute Gasteiger partial charge is 0.309 e. The summed E-state index contributed by atoms with van der Waals surface area (Å²) >= 11 is 7.34. The smallest absolute Gasteiger partial charge is 0.243 e. The number of hydrogen-bond acceptors (Lipinski definition) is 3. The van der Waals surface area contributed by atoms with E-state index in [0.29, 0.717) is 10.8 Å². The van der Waals surface area contributed by atoms with Crippen molar-refractivity contribution in [2.45, 2.75) is 10.1 Å². The zero-order valence-corrected chi connectivity index (χ0v) is 14.3. The van der Waals surface area contributed by atoms with Gasteiger partial charge in [-0.3, -0.25) is 4.79 Å². The van der Waals surface area contributed by atoms with E-state index in [1.165, 1.54) is 18.0 Å². The van der Waals surface area contributed by atoms with Crippen LogP contribution in [0.2, 0.25) is 5.02 Å². The van der Waals surface area contributed by atoms with Crippen LogP contribution in [0.1, 0.15) is 10.8 Å². The lowest BCUT2D eigenvalue weighted by atomic mass is 10.1. The van der Waals surface area contributed by atoms with Gasteiger partial charge in [0.15, 0.2) is 0 Å². The van der Waals surface area contributed by atoms with Crippen molar-refractivity contribution < 1.29 is 4.79 Å². The van der Waals surface area contributed by atoms with E-state index in [1.54, 1.807) is 12.1 Å². The Kier molecular flexibility index (Phi) is 5.51. The van der Waals surface area contributed by atoms with Gasteiger partial charge in [-0.15, -0.1) is 11.8 Å². The van der Waals surface area contributed by atoms with Crippen LogP contribution in [0.3, 0.4) is 0 Å². The molecule has 3 nitrogen and oxygen atoms in total. The minimum atomic E-state index is -0.369. The van der Waals surface area contributed by atoms with Gasteiger partial charge in [0.25, 0.3) is 0 Å². The fourth-order valence-corrected chi connectivity index (χ4v) is 3.33. The Labute approximate surface area is 150 Å². The fourth-order valence-electron chi connectivity index (χ4n) is 2.18. The lowest BCUT2D eigenvalue weighted by Crippen LogP contribution is -2.19. The van der Waals surface area contributed by atoms with Crippen LogP contribution in [-0.4, -0.2) is 10.9 Å². The highest BCUT2D eigenvalue weighted by Gasteiger charge is 2.22. The van der Waals surface area contributed by atoms with Crippen molar-refractivity contribution in [2.75, 3.05) is 5.32 Å². The first-order valence-electron chi connectivity index (χ1n) is 7.41. The molecule has 120 valence electrons. The van der Waals surface area contributed by atoms with Gasteiger partial charge in [-0.25, -0.2) is 4.98 Å². The fraction of sp³-hybridized carbons (Fsp3) is 0.0526. The number of hydrogen-bond donors (Lipinski definition) is 1. The summed E-state index contributed by atoms with van der Waals surface area (Å²) in [4.78, 5) is 18.0. The molecule has 1 unspecified atom stereocenters. The first-order valence-corrected chi connectivity index (χ1v) is 8.67. The highest BCUT2D eigenvalue weighted by Crippen LogP contribution is 2.35. The maximum Gasteiger partial charge on any atom is 0.243 e. The Morgan fingerprint density at radius 2 is 1.62 bits per heavy atom. The third-order valence-corrected chi connectivity index (χ3v) is 4.81. The van der Waals surface area contributed by atoms with Crippen LogP contribution in [0.5, 0.6) is 0 Å². The Bertz CT molecular complexity index is 795. The number of anilines is 1. The van der Waals surface area contributed by atoms with Crippen LogP contribution >= 0.6 is 23.4 Å². The van der Waals surface area contributed by atoms with E-state index >= 15 is 0 Å². The van der Waals surface area contributed by atoms with Gasteiger partial charge in [0.05, 0.1) is 5.02 Å². The van der Waals surface area contributed by atoms with Crippen molar-refractivity contribution in [3.8, 4) is 0 Å². The SMILES string of the molecule is O=C(Nc1ccc(Cl)cn1)C(Sc1ccccc1)c1ccccc1. The number of thioether (sulfide) groups is 1. The summed E-state index contributed by atoms with van der Waals surface area (Å²) in [6.45, 7) is 0. The average molecular weight is 355 g/mol.